The normalized spacial score (nSPS) is 12.0. The van der Waals surface area contributed by atoms with Crippen molar-refractivity contribution in [2.24, 2.45) is 5.41 Å². The number of rotatable bonds is 6. The summed E-state index contributed by atoms with van der Waals surface area (Å²) in [5.74, 6) is 0.930. The molecule has 1 aromatic carbocycles. The number of benzene rings is 1. The molecule has 4 heteroatoms. The van der Waals surface area contributed by atoms with Crippen LogP contribution in [0.25, 0.3) is 11.0 Å². The van der Waals surface area contributed by atoms with Crippen molar-refractivity contribution >= 4 is 16.7 Å². The highest BCUT2D eigenvalue weighted by atomic mass is 16.3. The summed E-state index contributed by atoms with van der Waals surface area (Å²) in [6, 6.07) is 6.12. The number of H-pyrrole nitrogens is 1. The van der Waals surface area contributed by atoms with Crippen LogP contribution in [0.1, 0.15) is 32.5 Å². The Morgan fingerprint density at radius 3 is 2.68 bits per heavy atom. The van der Waals surface area contributed by atoms with Crippen LogP contribution in [0.3, 0.4) is 0 Å². The molecule has 0 atom stereocenters. The Bertz CT molecular complexity index is 535. The molecule has 0 fully saturated rings. The maximum Gasteiger partial charge on any atom is 0.104 e. The minimum absolute atomic E-state index is 0.0289. The van der Waals surface area contributed by atoms with Crippen molar-refractivity contribution in [3.63, 3.8) is 0 Å². The molecule has 4 nitrogen and oxygen atoms in total. The standard InChI is InChI=1S/C15H23N3O/c1-4-15(5-2,10-19)9-16-12-6-7-13-14(8-12)18-11(3)17-13/h6-8,16,19H,4-5,9-10H2,1-3H3,(H,17,18). The molecular weight excluding hydrogens is 238 g/mol. The van der Waals surface area contributed by atoms with Crippen molar-refractivity contribution in [3.8, 4) is 0 Å². The van der Waals surface area contributed by atoms with Gasteiger partial charge in [-0.3, -0.25) is 0 Å². The van der Waals surface area contributed by atoms with Gasteiger partial charge in [0, 0.05) is 17.6 Å². The maximum atomic E-state index is 9.57. The Morgan fingerprint density at radius 1 is 1.32 bits per heavy atom. The lowest BCUT2D eigenvalue weighted by Gasteiger charge is -2.30. The summed E-state index contributed by atoms with van der Waals surface area (Å²) in [6.07, 6.45) is 1.94. The third kappa shape index (κ3) is 2.89. The van der Waals surface area contributed by atoms with Crippen molar-refractivity contribution in [1.82, 2.24) is 9.97 Å². The van der Waals surface area contributed by atoms with E-state index >= 15 is 0 Å². The van der Waals surface area contributed by atoms with Crippen LogP contribution in [-0.4, -0.2) is 28.2 Å². The minimum Gasteiger partial charge on any atom is -0.396 e. The van der Waals surface area contributed by atoms with Crippen molar-refractivity contribution in [2.45, 2.75) is 33.6 Å². The molecule has 0 radical (unpaired) electrons. The van der Waals surface area contributed by atoms with Crippen LogP contribution in [0, 0.1) is 12.3 Å². The summed E-state index contributed by atoms with van der Waals surface area (Å²) in [4.78, 5) is 7.63. The molecule has 0 spiro atoms. The van der Waals surface area contributed by atoms with E-state index in [1.165, 1.54) is 0 Å². The van der Waals surface area contributed by atoms with Crippen molar-refractivity contribution in [1.29, 1.82) is 0 Å². The Labute approximate surface area is 114 Å². The second-order valence-electron chi connectivity index (χ2n) is 5.27. The van der Waals surface area contributed by atoms with E-state index in [0.717, 1.165) is 41.9 Å². The number of aliphatic hydroxyl groups is 1. The SMILES string of the molecule is CCC(CC)(CO)CNc1ccc2nc(C)[nH]c2c1. The van der Waals surface area contributed by atoms with Gasteiger partial charge in [-0.15, -0.1) is 0 Å². The average molecular weight is 261 g/mol. The van der Waals surface area contributed by atoms with Gasteiger partial charge in [0.2, 0.25) is 0 Å². The fraction of sp³-hybridized carbons (Fsp3) is 0.533. The lowest BCUT2D eigenvalue weighted by Crippen LogP contribution is -2.32. The van der Waals surface area contributed by atoms with Crippen molar-refractivity contribution in [2.75, 3.05) is 18.5 Å². The molecule has 0 aliphatic carbocycles. The van der Waals surface area contributed by atoms with Crippen LogP contribution in [0.15, 0.2) is 18.2 Å². The van der Waals surface area contributed by atoms with Crippen LogP contribution < -0.4 is 5.32 Å². The molecule has 0 aliphatic rings. The fourth-order valence-electron chi connectivity index (χ4n) is 2.32. The van der Waals surface area contributed by atoms with Crippen LogP contribution >= 0.6 is 0 Å². The van der Waals surface area contributed by atoms with E-state index in [9.17, 15) is 5.11 Å². The molecule has 0 unspecified atom stereocenters. The van der Waals surface area contributed by atoms with Gasteiger partial charge in [0.15, 0.2) is 0 Å². The molecule has 19 heavy (non-hydrogen) atoms. The molecule has 3 N–H and O–H groups in total. The van der Waals surface area contributed by atoms with E-state index in [4.69, 9.17) is 0 Å². The van der Waals surface area contributed by atoms with E-state index in [0.29, 0.717) is 0 Å². The summed E-state index contributed by atoms with van der Waals surface area (Å²) < 4.78 is 0. The predicted molar refractivity (Wildman–Crippen MR) is 79.4 cm³/mol. The third-order valence-corrected chi connectivity index (χ3v) is 4.10. The summed E-state index contributed by atoms with van der Waals surface area (Å²) >= 11 is 0. The third-order valence-electron chi connectivity index (χ3n) is 4.10. The fourth-order valence-corrected chi connectivity index (χ4v) is 2.32. The van der Waals surface area contributed by atoms with Gasteiger partial charge in [-0.25, -0.2) is 4.98 Å². The number of hydrogen-bond donors (Lipinski definition) is 3. The molecule has 0 aliphatic heterocycles. The number of nitrogens with zero attached hydrogens (tertiary/aromatic N) is 1. The lowest BCUT2D eigenvalue weighted by atomic mass is 9.83. The number of fused-ring (bicyclic) bond motifs is 1. The smallest absolute Gasteiger partial charge is 0.104 e. The number of nitrogens with one attached hydrogen (secondary N) is 2. The summed E-state index contributed by atoms with van der Waals surface area (Å²) in [7, 11) is 0. The van der Waals surface area contributed by atoms with E-state index < -0.39 is 0 Å². The van der Waals surface area contributed by atoms with Crippen molar-refractivity contribution < 1.29 is 5.11 Å². The first kappa shape index (κ1) is 13.9. The minimum atomic E-state index is -0.0289. The molecule has 0 saturated heterocycles. The van der Waals surface area contributed by atoms with Gasteiger partial charge in [0.05, 0.1) is 17.6 Å². The van der Waals surface area contributed by atoms with Crippen LogP contribution in [0.4, 0.5) is 5.69 Å². The zero-order chi connectivity index (χ0) is 13.9. The predicted octanol–water partition coefficient (Wildman–Crippen LogP) is 3.08. The van der Waals surface area contributed by atoms with E-state index in [2.05, 4.69) is 35.2 Å². The van der Waals surface area contributed by atoms with Crippen LogP contribution in [0.5, 0.6) is 0 Å². The highest BCUT2D eigenvalue weighted by Crippen LogP contribution is 2.26. The van der Waals surface area contributed by atoms with Gasteiger partial charge in [0.1, 0.15) is 5.82 Å². The molecule has 1 aromatic heterocycles. The molecule has 1 heterocycles. The number of aliphatic hydroxyl groups excluding tert-OH is 1. The highest BCUT2D eigenvalue weighted by molar-refractivity contribution is 5.79. The number of anilines is 1. The first-order valence-corrected chi connectivity index (χ1v) is 6.93. The second-order valence-corrected chi connectivity index (χ2v) is 5.27. The number of aromatic nitrogens is 2. The zero-order valence-electron chi connectivity index (χ0n) is 12.0. The lowest BCUT2D eigenvalue weighted by molar-refractivity contribution is 0.127. The topological polar surface area (TPSA) is 60.9 Å². The Kier molecular flexibility index (Phi) is 4.10. The van der Waals surface area contributed by atoms with E-state index in [-0.39, 0.29) is 12.0 Å². The Balaban J connectivity index is 2.12. The highest BCUT2D eigenvalue weighted by Gasteiger charge is 2.24. The molecular formula is C15H23N3O. The average Bonchev–Trinajstić information content (AvgIpc) is 2.80. The summed E-state index contributed by atoms with van der Waals surface area (Å²) in [5, 5.41) is 13.0. The number of aromatic amines is 1. The number of imidazole rings is 1. The Hall–Kier alpha value is -1.55. The van der Waals surface area contributed by atoms with E-state index in [1.54, 1.807) is 0 Å². The molecule has 0 saturated carbocycles. The van der Waals surface area contributed by atoms with Gasteiger partial charge in [-0.2, -0.15) is 0 Å². The maximum absolute atomic E-state index is 9.57. The molecule has 104 valence electrons. The van der Waals surface area contributed by atoms with Crippen molar-refractivity contribution in [3.05, 3.63) is 24.0 Å². The second kappa shape index (κ2) is 5.61. The van der Waals surface area contributed by atoms with E-state index in [1.807, 2.05) is 19.1 Å². The van der Waals surface area contributed by atoms with Gasteiger partial charge in [-0.1, -0.05) is 13.8 Å². The first-order valence-electron chi connectivity index (χ1n) is 6.93. The first-order chi connectivity index (χ1) is 9.12. The summed E-state index contributed by atoms with van der Waals surface area (Å²) in [6.45, 7) is 7.22. The van der Waals surface area contributed by atoms with Gasteiger partial charge < -0.3 is 15.4 Å². The molecule has 2 aromatic rings. The molecule has 0 bridgehead atoms. The zero-order valence-corrected chi connectivity index (χ0v) is 12.0. The van der Waals surface area contributed by atoms with Crippen LogP contribution in [0.2, 0.25) is 0 Å². The van der Waals surface area contributed by atoms with Gasteiger partial charge in [-0.05, 0) is 38.0 Å². The summed E-state index contributed by atoms with van der Waals surface area (Å²) in [5.41, 5.74) is 3.07. The van der Waals surface area contributed by atoms with Gasteiger partial charge >= 0.3 is 0 Å². The monoisotopic (exact) mass is 261 g/mol. The largest absolute Gasteiger partial charge is 0.396 e. The number of hydrogen-bond acceptors (Lipinski definition) is 3. The number of aryl methyl sites for hydroxylation is 1. The van der Waals surface area contributed by atoms with Crippen LogP contribution in [-0.2, 0) is 0 Å². The molecule has 2 rings (SSSR count). The Morgan fingerprint density at radius 2 is 2.05 bits per heavy atom. The quantitative estimate of drug-likeness (QED) is 0.749. The van der Waals surface area contributed by atoms with Gasteiger partial charge in [0.25, 0.3) is 0 Å². The molecule has 0 amide bonds.